The van der Waals surface area contributed by atoms with Crippen molar-refractivity contribution in [3.8, 4) is 0 Å². The Hall–Kier alpha value is -2.97. The maximum absolute atomic E-state index is 12.7. The molecule has 8 heteroatoms. The molecule has 0 saturated heterocycles. The van der Waals surface area contributed by atoms with Crippen LogP contribution in [0.5, 0.6) is 0 Å². The number of esters is 2. The lowest BCUT2D eigenvalue weighted by atomic mass is 10.0. The summed E-state index contributed by atoms with van der Waals surface area (Å²) >= 11 is 0. The number of aliphatic carboxylic acids is 1. The van der Waals surface area contributed by atoms with Crippen LogP contribution in [0.25, 0.3) is 0 Å². The minimum Gasteiger partial charge on any atom is -0.477 e. The molecule has 2 atom stereocenters. The first-order valence-electron chi connectivity index (χ1n) is 23.9. The van der Waals surface area contributed by atoms with E-state index in [2.05, 4.69) is 38.2 Å². The molecular weight excluding hydrogens is 739 g/mol. The number of hydrogen-bond donors (Lipinski definition) is 1. The summed E-state index contributed by atoms with van der Waals surface area (Å²) < 4.78 is 17.2. The predicted molar refractivity (Wildman–Crippen MR) is 247 cm³/mol. The highest BCUT2D eigenvalue weighted by Gasteiger charge is 2.31. The Bertz CT molecular complexity index is 1150. The second-order valence-corrected chi connectivity index (χ2v) is 17.1. The molecule has 340 valence electrons. The molecule has 0 aromatic heterocycles. The fourth-order valence-corrected chi connectivity index (χ4v) is 6.80. The Morgan fingerprint density at radius 1 is 0.525 bits per heavy atom. The first kappa shape index (κ1) is 56.0. The van der Waals surface area contributed by atoms with Gasteiger partial charge in [-0.25, -0.2) is 4.79 Å². The van der Waals surface area contributed by atoms with Crippen LogP contribution in [0, 0.1) is 0 Å². The highest BCUT2D eigenvalue weighted by atomic mass is 16.6. The van der Waals surface area contributed by atoms with E-state index >= 15 is 0 Å². The van der Waals surface area contributed by atoms with Gasteiger partial charge >= 0.3 is 17.9 Å². The third-order valence-corrected chi connectivity index (χ3v) is 10.5. The zero-order valence-corrected chi connectivity index (χ0v) is 38.7. The molecule has 0 aliphatic carbocycles. The first-order valence-corrected chi connectivity index (χ1v) is 23.9. The van der Waals surface area contributed by atoms with Gasteiger partial charge in [-0.1, -0.05) is 177 Å². The van der Waals surface area contributed by atoms with Crippen molar-refractivity contribution in [3.05, 3.63) is 60.8 Å². The Labute approximate surface area is 362 Å². The highest BCUT2D eigenvalue weighted by Crippen LogP contribution is 2.15. The summed E-state index contributed by atoms with van der Waals surface area (Å²) in [6.45, 7) is 4.55. The average Bonchev–Trinajstić information content (AvgIpc) is 3.19. The van der Waals surface area contributed by atoms with Crippen molar-refractivity contribution >= 4 is 17.9 Å². The zero-order chi connectivity index (χ0) is 43.5. The molecular formula is C51H90NO7+. The monoisotopic (exact) mass is 829 g/mol. The molecule has 0 fully saturated rings. The van der Waals surface area contributed by atoms with Gasteiger partial charge in [-0.3, -0.25) is 9.59 Å². The molecule has 0 amide bonds. The fourth-order valence-electron chi connectivity index (χ4n) is 6.80. The second kappa shape index (κ2) is 41.8. The summed E-state index contributed by atoms with van der Waals surface area (Å²) in [5.41, 5.74) is 0. The van der Waals surface area contributed by atoms with E-state index in [1.165, 1.54) is 109 Å². The van der Waals surface area contributed by atoms with Crippen molar-refractivity contribution in [1.29, 1.82) is 0 Å². The van der Waals surface area contributed by atoms with E-state index in [0.717, 1.165) is 44.9 Å². The molecule has 0 heterocycles. The van der Waals surface area contributed by atoms with Crippen LogP contribution < -0.4 is 0 Å². The third kappa shape index (κ3) is 40.2. The van der Waals surface area contributed by atoms with Crippen LogP contribution in [0.2, 0.25) is 0 Å². The molecule has 1 N–H and O–H groups in total. The molecule has 0 aliphatic heterocycles. The summed E-state index contributed by atoms with van der Waals surface area (Å²) in [7, 11) is 5.51. The maximum atomic E-state index is 12.7. The number of rotatable bonds is 42. The Kier molecular flexibility index (Phi) is 39.6. The Morgan fingerprint density at radius 3 is 1.47 bits per heavy atom. The van der Waals surface area contributed by atoms with Crippen molar-refractivity contribution in [2.24, 2.45) is 0 Å². The van der Waals surface area contributed by atoms with E-state index in [9.17, 15) is 19.5 Å². The number of hydrogen-bond acceptors (Lipinski definition) is 6. The summed E-state index contributed by atoms with van der Waals surface area (Å²) in [4.78, 5) is 37.0. The number of carbonyl (C=O) groups is 3. The standard InChI is InChI=1S/C51H89NO7/c1-6-8-10-12-14-16-18-20-21-22-23-24-25-26-27-28-30-31-33-35-37-39-41-49(53)58-46-47(45-57-44-43-48(51(55)56)52(3,4)5)59-50(54)42-40-38-36-34-32-29-19-17-15-13-11-9-7-2/h9,11,13,15,17,19,25-26,29,32,47-48H,6-8,10,12,14,16,18,20-24,27-28,30-31,33-46H2,1-5H3/p+1/b11-9+,15-13+,19-17+,26-25+,32-29+. The van der Waals surface area contributed by atoms with Gasteiger partial charge in [0.2, 0.25) is 0 Å². The van der Waals surface area contributed by atoms with Crippen LogP contribution in [0.3, 0.4) is 0 Å². The summed E-state index contributed by atoms with van der Waals surface area (Å²) in [5.74, 6) is -1.53. The number of ether oxygens (including phenoxy) is 3. The van der Waals surface area contributed by atoms with Crippen molar-refractivity contribution in [3.63, 3.8) is 0 Å². The van der Waals surface area contributed by atoms with E-state index in [4.69, 9.17) is 14.2 Å². The molecule has 0 spiro atoms. The minimum atomic E-state index is -0.884. The van der Waals surface area contributed by atoms with Gasteiger partial charge in [0.25, 0.3) is 0 Å². The normalized spacial score (nSPS) is 13.4. The molecule has 59 heavy (non-hydrogen) atoms. The largest absolute Gasteiger partial charge is 0.477 e. The zero-order valence-electron chi connectivity index (χ0n) is 38.7. The SMILES string of the molecule is CC/C=C/C=C/C=C/C=C/CCCCCC(=O)OC(COCCC(C(=O)O)[N+](C)(C)C)COC(=O)CCCCCCCCC/C=C/CCCCCCCCCCCCC. The molecule has 0 aromatic rings. The van der Waals surface area contributed by atoms with Gasteiger partial charge in [0, 0.05) is 19.3 Å². The van der Waals surface area contributed by atoms with Crippen molar-refractivity contribution < 1.29 is 38.2 Å². The second-order valence-electron chi connectivity index (χ2n) is 17.1. The van der Waals surface area contributed by atoms with Gasteiger partial charge in [0.05, 0.1) is 34.4 Å². The fraction of sp³-hybridized carbons (Fsp3) is 0.745. The molecule has 0 bridgehead atoms. The van der Waals surface area contributed by atoms with E-state index in [-0.39, 0.29) is 42.7 Å². The topological polar surface area (TPSA) is 99.1 Å². The van der Waals surface area contributed by atoms with Crippen LogP contribution in [-0.2, 0) is 28.6 Å². The summed E-state index contributed by atoms with van der Waals surface area (Å²) in [5, 5.41) is 9.62. The van der Waals surface area contributed by atoms with E-state index in [1.807, 2.05) is 57.6 Å². The van der Waals surface area contributed by atoms with Crippen molar-refractivity contribution in [2.75, 3.05) is 41.0 Å². The smallest absolute Gasteiger partial charge is 0.362 e. The van der Waals surface area contributed by atoms with Crippen LogP contribution in [0.4, 0.5) is 0 Å². The summed E-state index contributed by atoms with van der Waals surface area (Å²) in [6.07, 6.45) is 51.4. The molecule has 0 aliphatic rings. The molecule has 8 nitrogen and oxygen atoms in total. The van der Waals surface area contributed by atoms with Gasteiger partial charge in [0.1, 0.15) is 6.61 Å². The van der Waals surface area contributed by atoms with Crippen molar-refractivity contribution in [2.45, 2.75) is 206 Å². The Balaban J connectivity index is 4.27. The van der Waals surface area contributed by atoms with Gasteiger partial charge in [-0.05, 0) is 57.8 Å². The first-order chi connectivity index (χ1) is 28.6. The lowest BCUT2D eigenvalue weighted by Crippen LogP contribution is -2.50. The predicted octanol–water partition coefficient (Wildman–Crippen LogP) is 13.4. The quantitative estimate of drug-likeness (QED) is 0.0215. The minimum absolute atomic E-state index is 0.0418. The van der Waals surface area contributed by atoms with Crippen LogP contribution >= 0.6 is 0 Å². The number of carbonyl (C=O) groups excluding carboxylic acids is 2. The number of carboxylic acids is 1. The van der Waals surface area contributed by atoms with E-state index in [0.29, 0.717) is 19.3 Å². The highest BCUT2D eigenvalue weighted by molar-refractivity contribution is 5.72. The van der Waals surface area contributed by atoms with Gasteiger partial charge in [-0.2, -0.15) is 0 Å². The van der Waals surface area contributed by atoms with E-state index in [1.54, 1.807) is 0 Å². The maximum Gasteiger partial charge on any atom is 0.362 e. The number of quaternary nitrogens is 1. The number of allylic oxidation sites excluding steroid dienone is 10. The van der Waals surface area contributed by atoms with Crippen LogP contribution in [-0.4, -0.2) is 80.6 Å². The Morgan fingerprint density at radius 2 is 0.966 bits per heavy atom. The van der Waals surface area contributed by atoms with E-state index < -0.39 is 18.1 Å². The summed E-state index contributed by atoms with van der Waals surface area (Å²) in [6, 6.07) is -0.625. The third-order valence-electron chi connectivity index (χ3n) is 10.5. The number of carboxylic acid groups (broad SMARTS) is 1. The number of nitrogens with zero attached hydrogens (tertiary/aromatic N) is 1. The average molecular weight is 829 g/mol. The molecule has 0 rings (SSSR count). The van der Waals surface area contributed by atoms with Gasteiger partial charge in [-0.15, -0.1) is 0 Å². The molecule has 0 radical (unpaired) electrons. The lowest BCUT2D eigenvalue weighted by molar-refractivity contribution is -0.887. The van der Waals surface area contributed by atoms with Crippen LogP contribution in [0.15, 0.2) is 60.8 Å². The van der Waals surface area contributed by atoms with Crippen LogP contribution in [0.1, 0.15) is 194 Å². The molecule has 2 unspecified atom stereocenters. The van der Waals surface area contributed by atoms with Gasteiger partial charge < -0.3 is 23.8 Å². The molecule has 0 saturated carbocycles. The van der Waals surface area contributed by atoms with Gasteiger partial charge in [0.15, 0.2) is 12.1 Å². The number of unbranched alkanes of at least 4 members (excludes halogenated alkanes) is 21. The molecule has 0 aromatic carbocycles. The lowest BCUT2D eigenvalue weighted by Gasteiger charge is -2.31. The number of likely N-dealkylation sites (N-methyl/N-ethyl adjacent to an activating group) is 1. The van der Waals surface area contributed by atoms with Crippen molar-refractivity contribution in [1.82, 2.24) is 0 Å².